The van der Waals surface area contributed by atoms with Crippen LogP contribution in [0.25, 0.3) is 0 Å². The molecule has 1 nitrogen and oxygen atoms in total. The van der Waals surface area contributed by atoms with Crippen LogP contribution in [0.4, 0.5) is 0 Å². The topological polar surface area (TPSA) is 17.1 Å². The quantitative estimate of drug-likeness (QED) is 0.581. The van der Waals surface area contributed by atoms with Gasteiger partial charge in [0.1, 0.15) is 0 Å². The monoisotopic (exact) mass is 234 g/mol. The normalized spacial score (nSPS) is 11.3. The Morgan fingerprint density at radius 3 is 2.31 bits per heavy atom. The number of alkyl halides is 2. The smallest absolute Gasteiger partial charge is 0.188 e. The molecule has 1 aromatic rings. The molecule has 0 fully saturated rings. The molecule has 1 atom stereocenters. The molecule has 4 heteroatoms. The van der Waals surface area contributed by atoms with E-state index in [1.54, 1.807) is 0 Å². The van der Waals surface area contributed by atoms with Crippen molar-refractivity contribution in [3.05, 3.63) is 35.9 Å². The molecule has 0 spiro atoms. The van der Waals surface area contributed by atoms with Gasteiger partial charge >= 0.3 is 0 Å². The molecule has 0 aromatic heterocycles. The molecule has 0 heterocycles. The molecule has 1 aromatic carbocycles. The first-order chi connectivity index (χ1) is 6.00. The van der Waals surface area contributed by atoms with Crippen molar-refractivity contribution in [2.75, 3.05) is 0 Å². The van der Waals surface area contributed by atoms with Crippen LogP contribution in [0.3, 0.4) is 0 Å². The summed E-state index contributed by atoms with van der Waals surface area (Å²) in [7, 11) is 2.11. The highest BCUT2D eigenvalue weighted by Gasteiger charge is 2.26. The van der Waals surface area contributed by atoms with Crippen molar-refractivity contribution < 1.29 is 4.79 Å². The highest BCUT2D eigenvalue weighted by molar-refractivity contribution is 7.30. The maximum absolute atomic E-state index is 11.3. The molecule has 0 saturated carbocycles. The Bertz CT molecular complexity index is 292. The summed E-state index contributed by atoms with van der Waals surface area (Å²) >= 11 is 11.2. The van der Waals surface area contributed by atoms with Crippen LogP contribution in [0.1, 0.15) is 5.56 Å². The van der Waals surface area contributed by atoms with E-state index in [1.165, 1.54) is 0 Å². The maximum Gasteiger partial charge on any atom is 0.188 e. The molecule has 0 aliphatic rings. The van der Waals surface area contributed by atoms with E-state index in [2.05, 4.69) is 9.24 Å². The number of hydrogen-bond donors (Lipinski definition) is 0. The highest BCUT2D eigenvalue weighted by Crippen LogP contribution is 2.30. The number of carbonyl (C=O) groups excluding carboxylic acids is 1. The number of benzene rings is 1. The van der Waals surface area contributed by atoms with Crippen molar-refractivity contribution in [2.24, 2.45) is 0 Å². The lowest BCUT2D eigenvalue weighted by Crippen LogP contribution is -2.20. The first-order valence-corrected chi connectivity index (χ1v) is 5.07. The van der Waals surface area contributed by atoms with Crippen molar-refractivity contribution in [1.29, 1.82) is 0 Å². The lowest BCUT2D eigenvalue weighted by Gasteiger charge is -2.10. The Morgan fingerprint density at radius 2 is 1.85 bits per heavy atom. The summed E-state index contributed by atoms with van der Waals surface area (Å²) in [6, 6.07) is 9.36. The van der Waals surface area contributed by atoms with Crippen LogP contribution in [0.2, 0.25) is 0 Å². The van der Waals surface area contributed by atoms with Crippen LogP contribution in [-0.2, 0) is 11.2 Å². The molecule has 0 amide bonds. The number of halogens is 2. The fourth-order valence-corrected chi connectivity index (χ4v) is 1.13. The number of carbonyl (C=O) groups is 1. The zero-order valence-corrected chi connectivity index (χ0v) is 9.50. The Hall–Kier alpha value is -0.100. The minimum atomic E-state index is -1.37. The third kappa shape index (κ3) is 3.64. The zero-order chi connectivity index (χ0) is 9.90. The molecule has 0 bridgehead atoms. The highest BCUT2D eigenvalue weighted by atomic mass is 35.5. The van der Waals surface area contributed by atoms with Crippen molar-refractivity contribution in [1.82, 2.24) is 0 Å². The first-order valence-electron chi connectivity index (χ1n) is 3.74. The SMILES string of the molecule is O=C(Cc1ccccc1)C(P)(Cl)Cl. The summed E-state index contributed by atoms with van der Waals surface area (Å²) in [5.41, 5.74) is 0.917. The van der Waals surface area contributed by atoms with Gasteiger partial charge in [-0.3, -0.25) is 4.79 Å². The second kappa shape index (κ2) is 4.41. The fraction of sp³-hybridized carbons (Fsp3) is 0.222. The lowest BCUT2D eigenvalue weighted by atomic mass is 10.1. The van der Waals surface area contributed by atoms with E-state index in [1.807, 2.05) is 30.3 Å². The number of Topliss-reactive ketones (excluding diaryl/α,β-unsaturated/α-hetero) is 1. The predicted octanol–water partition coefficient (Wildman–Crippen LogP) is 2.80. The van der Waals surface area contributed by atoms with Gasteiger partial charge in [0, 0.05) is 6.42 Å². The van der Waals surface area contributed by atoms with Crippen LogP contribution in [0, 0.1) is 0 Å². The van der Waals surface area contributed by atoms with E-state index in [0.717, 1.165) is 5.56 Å². The second-order valence-electron chi connectivity index (χ2n) is 2.71. The van der Waals surface area contributed by atoms with E-state index in [4.69, 9.17) is 23.2 Å². The molecular formula is C9H9Cl2OP. The van der Waals surface area contributed by atoms with Gasteiger partial charge in [0.05, 0.1) is 0 Å². The van der Waals surface area contributed by atoms with Crippen LogP contribution in [-0.4, -0.2) is 9.86 Å². The Labute approximate surface area is 89.6 Å². The van der Waals surface area contributed by atoms with E-state index in [9.17, 15) is 4.79 Å². The average molecular weight is 235 g/mol. The molecule has 0 aliphatic carbocycles. The molecule has 0 aliphatic heterocycles. The van der Waals surface area contributed by atoms with Gasteiger partial charge in [-0.15, -0.1) is 0 Å². The van der Waals surface area contributed by atoms with E-state index >= 15 is 0 Å². The molecular weight excluding hydrogens is 226 g/mol. The third-order valence-electron chi connectivity index (χ3n) is 1.58. The largest absolute Gasteiger partial charge is 0.296 e. The molecule has 1 rings (SSSR count). The number of rotatable bonds is 3. The molecule has 13 heavy (non-hydrogen) atoms. The van der Waals surface area contributed by atoms with Gasteiger partial charge in [0.2, 0.25) is 0 Å². The van der Waals surface area contributed by atoms with Crippen molar-refractivity contribution >= 4 is 38.2 Å². The minimum absolute atomic E-state index is 0.216. The summed E-state index contributed by atoms with van der Waals surface area (Å²) < 4.78 is -1.37. The van der Waals surface area contributed by atoms with Crippen LogP contribution in [0.15, 0.2) is 30.3 Å². The van der Waals surface area contributed by atoms with Crippen LogP contribution in [0.5, 0.6) is 0 Å². The second-order valence-corrected chi connectivity index (χ2v) is 5.69. The average Bonchev–Trinajstić information content (AvgIpc) is 2.04. The summed E-state index contributed by atoms with van der Waals surface area (Å²) in [6.45, 7) is 0. The predicted molar refractivity (Wildman–Crippen MR) is 59.3 cm³/mol. The van der Waals surface area contributed by atoms with Gasteiger partial charge in [-0.1, -0.05) is 62.8 Å². The Morgan fingerprint density at radius 1 is 1.31 bits per heavy atom. The van der Waals surface area contributed by atoms with Crippen molar-refractivity contribution in [3.8, 4) is 0 Å². The Kier molecular flexibility index (Phi) is 3.73. The Balaban J connectivity index is 2.66. The van der Waals surface area contributed by atoms with Gasteiger partial charge in [-0.2, -0.15) is 0 Å². The van der Waals surface area contributed by atoms with Crippen molar-refractivity contribution in [3.63, 3.8) is 0 Å². The van der Waals surface area contributed by atoms with Crippen LogP contribution < -0.4 is 0 Å². The van der Waals surface area contributed by atoms with Gasteiger partial charge in [0.15, 0.2) is 9.86 Å². The fourth-order valence-electron chi connectivity index (χ4n) is 0.899. The first kappa shape index (κ1) is 11.0. The van der Waals surface area contributed by atoms with Gasteiger partial charge in [0.25, 0.3) is 0 Å². The van der Waals surface area contributed by atoms with E-state index < -0.39 is 4.07 Å². The van der Waals surface area contributed by atoms with Gasteiger partial charge in [-0.05, 0) is 5.56 Å². The van der Waals surface area contributed by atoms with Crippen molar-refractivity contribution in [2.45, 2.75) is 10.5 Å². The summed E-state index contributed by atoms with van der Waals surface area (Å²) in [6.07, 6.45) is 0.261. The molecule has 0 saturated heterocycles. The summed E-state index contributed by atoms with van der Waals surface area (Å²) in [4.78, 5) is 11.3. The standard InChI is InChI=1S/C9H9Cl2OP/c10-9(11,13)8(12)6-7-4-2-1-3-5-7/h1-5H,6,13H2. The number of hydrogen-bond acceptors (Lipinski definition) is 1. The van der Waals surface area contributed by atoms with Gasteiger partial charge in [-0.25, -0.2) is 0 Å². The van der Waals surface area contributed by atoms with Gasteiger partial charge < -0.3 is 0 Å². The minimum Gasteiger partial charge on any atom is -0.296 e. The molecule has 70 valence electrons. The maximum atomic E-state index is 11.3. The number of ketones is 1. The van der Waals surface area contributed by atoms with Crippen LogP contribution >= 0.6 is 32.4 Å². The molecule has 0 N–H and O–H groups in total. The van der Waals surface area contributed by atoms with E-state index in [0.29, 0.717) is 0 Å². The molecule has 0 radical (unpaired) electrons. The summed E-state index contributed by atoms with van der Waals surface area (Å²) in [5, 5.41) is 0. The van der Waals surface area contributed by atoms with E-state index in [-0.39, 0.29) is 12.2 Å². The zero-order valence-electron chi connectivity index (χ0n) is 6.84. The summed E-state index contributed by atoms with van der Waals surface area (Å²) in [5.74, 6) is -0.216. The molecule has 1 unspecified atom stereocenters. The third-order valence-corrected chi connectivity index (χ3v) is 2.32. The lowest BCUT2D eigenvalue weighted by molar-refractivity contribution is -0.117.